The van der Waals surface area contributed by atoms with Gasteiger partial charge in [-0.25, -0.2) is 0 Å². The molecule has 0 radical (unpaired) electrons. The van der Waals surface area contributed by atoms with Gasteiger partial charge in [0, 0.05) is 12.2 Å². The lowest BCUT2D eigenvalue weighted by Gasteiger charge is -2.16. The van der Waals surface area contributed by atoms with Crippen LogP contribution in [0.1, 0.15) is 42.5 Å². The number of hydrogen-bond donors (Lipinski definition) is 1. The minimum Gasteiger partial charge on any atom is -0.483 e. The van der Waals surface area contributed by atoms with Crippen molar-refractivity contribution in [1.29, 1.82) is 0 Å². The van der Waals surface area contributed by atoms with Gasteiger partial charge in [-0.05, 0) is 56.0 Å². The summed E-state index contributed by atoms with van der Waals surface area (Å²) in [7, 11) is 0. The summed E-state index contributed by atoms with van der Waals surface area (Å²) >= 11 is 1.35. The Labute approximate surface area is 194 Å². The molecule has 0 saturated carbocycles. The Balaban J connectivity index is 1.68. The number of para-hydroxylation sites is 1. The van der Waals surface area contributed by atoms with E-state index in [1.165, 1.54) is 17.3 Å². The number of anilines is 1. The predicted octanol–water partition coefficient (Wildman–Crippen LogP) is 5.51. The number of carbonyl (C=O) groups excluding carboxylic acids is 1. The van der Waals surface area contributed by atoms with E-state index in [0.29, 0.717) is 17.5 Å². The zero-order valence-corrected chi connectivity index (χ0v) is 19.9. The number of amides is 1. The average Bonchev–Trinajstić information content (AvgIpc) is 3.18. The summed E-state index contributed by atoms with van der Waals surface area (Å²) in [6.45, 7) is 12.4. The third kappa shape index (κ3) is 5.79. The zero-order chi connectivity index (χ0) is 23.1. The number of aromatic nitrogens is 3. The molecule has 6 nitrogen and oxygen atoms in total. The maximum atomic E-state index is 12.6. The first kappa shape index (κ1) is 23.6. The second-order valence-electron chi connectivity index (χ2n) is 7.60. The molecule has 3 aromatic rings. The van der Waals surface area contributed by atoms with Gasteiger partial charge >= 0.3 is 0 Å². The Morgan fingerprint density at radius 2 is 1.88 bits per heavy atom. The Hall–Kier alpha value is -3.06. The Morgan fingerprint density at radius 3 is 2.50 bits per heavy atom. The van der Waals surface area contributed by atoms with Crippen molar-refractivity contribution in [3.8, 4) is 5.75 Å². The van der Waals surface area contributed by atoms with E-state index in [1.54, 1.807) is 6.08 Å². The minimum absolute atomic E-state index is 0.0811. The van der Waals surface area contributed by atoms with Gasteiger partial charge in [0.15, 0.2) is 17.1 Å². The van der Waals surface area contributed by atoms with Crippen molar-refractivity contribution in [2.45, 2.75) is 51.9 Å². The molecule has 2 aromatic carbocycles. The number of nitrogens with one attached hydrogen (secondary N) is 1. The molecule has 1 aromatic heterocycles. The van der Waals surface area contributed by atoms with Gasteiger partial charge in [0.25, 0.3) is 0 Å². The molecule has 0 aliphatic rings. The number of nitrogens with zero attached hydrogens (tertiary/aromatic N) is 3. The molecule has 7 heteroatoms. The van der Waals surface area contributed by atoms with E-state index in [9.17, 15) is 4.79 Å². The number of carbonyl (C=O) groups is 1. The molecule has 0 spiro atoms. The minimum atomic E-state index is -0.298. The first-order valence-electron chi connectivity index (χ1n) is 10.7. The maximum Gasteiger partial charge on any atom is 0.234 e. The van der Waals surface area contributed by atoms with E-state index in [2.05, 4.69) is 41.1 Å². The van der Waals surface area contributed by atoms with E-state index in [1.807, 2.05) is 55.7 Å². The van der Waals surface area contributed by atoms with Crippen LogP contribution in [0.25, 0.3) is 0 Å². The van der Waals surface area contributed by atoms with Crippen molar-refractivity contribution in [2.24, 2.45) is 0 Å². The van der Waals surface area contributed by atoms with Crippen LogP contribution in [-0.2, 0) is 17.8 Å². The Kier molecular flexibility index (Phi) is 8.11. The van der Waals surface area contributed by atoms with Crippen LogP contribution in [0.15, 0.2) is 60.3 Å². The first-order chi connectivity index (χ1) is 15.4. The van der Waals surface area contributed by atoms with Gasteiger partial charge in [0.1, 0.15) is 5.75 Å². The Bertz CT molecular complexity index is 1060. The predicted molar refractivity (Wildman–Crippen MR) is 130 cm³/mol. The van der Waals surface area contributed by atoms with E-state index in [4.69, 9.17) is 4.74 Å². The summed E-state index contributed by atoms with van der Waals surface area (Å²) < 4.78 is 8.02. The molecule has 1 N–H and O–H groups in total. The van der Waals surface area contributed by atoms with Crippen LogP contribution in [0.5, 0.6) is 5.75 Å². The number of benzene rings is 2. The summed E-state index contributed by atoms with van der Waals surface area (Å²) in [5.41, 5.74) is 4.21. The average molecular weight is 451 g/mol. The quantitative estimate of drug-likeness (QED) is 0.326. The molecular formula is C25H30N4O2S. The zero-order valence-electron chi connectivity index (χ0n) is 19.1. The highest BCUT2D eigenvalue weighted by Crippen LogP contribution is 2.26. The smallest absolute Gasteiger partial charge is 0.234 e. The fourth-order valence-corrected chi connectivity index (χ4v) is 4.14. The highest BCUT2D eigenvalue weighted by molar-refractivity contribution is 7.99. The molecular weight excluding hydrogens is 420 g/mol. The lowest BCUT2D eigenvalue weighted by atomic mass is 10.1. The topological polar surface area (TPSA) is 69.0 Å². The Morgan fingerprint density at radius 1 is 1.19 bits per heavy atom. The van der Waals surface area contributed by atoms with Crippen LogP contribution in [-0.4, -0.2) is 26.4 Å². The largest absolute Gasteiger partial charge is 0.483 e. The second-order valence-corrected chi connectivity index (χ2v) is 8.54. The van der Waals surface area contributed by atoms with Crippen molar-refractivity contribution in [3.63, 3.8) is 0 Å². The molecule has 1 atom stereocenters. The van der Waals surface area contributed by atoms with Crippen LogP contribution >= 0.6 is 11.8 Å². The SMILES string of the molecule is C=CCn1c(SCC(=O)Nc2c(C)cccc2C)nnc1C(C)Oc1ccc(CC)cc1. The number of thioether (sulfide) groups is 1. The lowest BCUT2D eigenvalue weighted by Crippen LogP contribution is -2.16. The molecule has 1 amide bonds. The third-order valence-electron chi connectivity index (χ3n) is 5.14. The fraction of sp³-hybridized carbons (Fsp3) is 0.320. The summed E-state index contributed by atoms with van der Waals surface area (Å²) in [6, 6.07) is 14.0. The number of rotatable bonds is 10. The van der Waals surface area contributed by atoms with E-state index in [0.717, 1.165) is 29.0 Å². The summed E-state index contributed by atoms with van der Waals surface area (Å²) in [5.74, 6) is 1.63. The van der Waals surface area contributed by atoms with Crippen molar-refractivity contribution in [1.82, 2.24) is 14.8 Å². The van der Waals surface area contributed by atoms with Gasteiger partial charge in [-0.2, -0.15) is 0 Å². The molecule has 1 unspecified atom stereocenters. The summed E-state index contributed by atoms with van der Waals surface area (Å²) in [5, 5.41) is 12.3. The lowest BCUT2D eigenvalue weighted by molar-refractivity contribution is -0.113. The normalized spacial score (nSPS) is 11.8. The molecule has 0 fully saturated rings. The molecule has 0 aliphatic heterocycles. The van der Waals surface area contributed by atoms with Gasteiger partial charge in [0.2, 0.25) is 5.91 Å². The maximum absolute atomic E-state index is 12.6. The monoisotopic (exact) mass is 450 g/mol. The molecule has 0 bridgehead atoms. The van der Waals surface area contributed by atoms with Crippen LogP contribution in [0.3, 0.4) is 0 Å². The van der Waals surface area contributed by atoms with Crippen LogP contribution in [0, 0.1) is 13.8 Å². The molecule has 1 heterocycles. The number of ether oxygens (including phenoxy) is 1. The molecule has 32 heavy (non-hydrogen) atoms. The van der Waals surface area contributed by atoms with Gasteiger partial charge in [-0.1, -0.05) is 55.1 Å². The summed E-state index contributed by atoms with van der Waals surface area (Å²) in [6.07, 6.45) is 2.48. The van der Waals surface area contributed by atoms with Crippen molar-refractivity contribution < 1.29 is 9.53 Å². The van der Waals surface area contributed by atoms with Gasteiger partial charge in [-0.3, -0.25) is 9.36 Å². The van der Waals surface area contributed by atoms with Gasteiger partial charge in [0.05, 0.1) is 5.75 Å². The van der Waals surface area contributed by atoms with Crippen molar-refractivity contribution >= 4 is 23.4 Å². The van der Waals surface area contributed by atoms with E-state index < -0.39 is 0 Å². The van der Waals surface area contributed by atoms with E-state index >= 15 is 0 Å². The number of allylic oxidation sites excluding steroid dienone is 1. The van der Waals surface area contributed by atoms with Crippen molar-refractivity contribution in [2.75, 3.05) is 11.1 Å². The van der Waals surface area contributed by atoms with Gasteiger partial charge in [-0.15, -0.1) is 16.8 Å². The number of hydrogen-bond acceptors (Lipinski definition) is 5. The standard InChI is InChI=1S/C25H30N4O2S/c1-6-15-29-24(19(5)31-21-13-11-20(7-2)12-14-21)27-28-25(29)32-16-22(30)26-23-17(3)9-8-10-18(23)4/h6,8-14,19H,1,7,15-16H2,2-5H3,(H,26,30). The second kappa shape index (κ2) is 11.0. The summed E-state index contributed by atoms with van der Waals surface area (Å²) in [4.78, 5) is 12.6. The molecule has 168 valence electrons. The highest BCUT2D eigenvalue weighted by Gasteiger charge is 2.20. The van der Waals surface area contributed by atoms with Gasteiger partial charge < -0.3 is 10.1 Å². The number of aryl methyl sites for hydroxylation is 3. The molecule has 0 aliphatic carbocycles. The van der Waals surface area contributed by atoms with Crippen LogP contribution in [0.4, 0.5) is 5.69 Å². The first-order valence-corrected chi connectivity index (χ1v) is 11.7. The van der Waals surface area contributed by atoms with Crippen LogP contribution in [0.2, 0.25) is 0 Å². The highest BCUT2D eigenvalue weighted by atomic mass is 32.2. The van der Waals surface area contributed by atoms with E-state index in [-0.39, 0.29) is 17.8 Å². The third-order valence-corrected chi connectivity index (χ3v) is 6.11. The van der Waals surface area contributed by atoms with Crippen molar-refractivity contribution in [3.05, 3.63) is 77.6 Å². The molecule has 0 saturated heterocycles. The molecule has 3 rings (SSSR count). The van der Waals surface area contributed by atoms with Crippen LogP contribution < -0.4 is 10.1 Å². The fourth-order valence-electron chi connectivity index (χ4n) is 3.39.